The molecule has 1 amide bonds. The van der Waals surface area contributed by atoms with Gasteiger partial charge in [-0.3, -0.25) is 4.79 Å². The second-order valence-electron chi connectivity index (χ2n) is 8.60. The van der Waals surface area contributed by atoms with Crippen LogP contribution in [0, 0.1) is 22.7 Å². The van der Waals surface area contributed by atoms with Crippen LogP contribution in [0.2, 0.25) is 0 Å². The normalized spacial score (nSPS) is 19.1. The van der Waals surface area contributed by atoms with Crippen molar-refractivity contribution in [3.8, 4) is 6.07 Å². The van der Waals surface area contributed by atoms with Crippen LogP contribution in [0.4, 0.5) is 5.00 Å². The molecule has 0 radical (unpaired) electrons. The summed E-state index contributed by atoms with van der Waals surface area (Å²) in [7, 11) is 0. The second-order valence-corrected chi connectivity index (χ2v) is 10.6. The zero-order valence-electron chi connectivity index (χ0n) is 16.4. The van der Waals surface area contributed by atoms with Crippen LogP contribution < -0.4 is 5.32 Å². The molecule has 1 fully saturated rings. The van der Waals surface area contributed by atoms with Crippen molar-refractivity contribution in [2.75, 3.05) is 11.1 Å². The number of amides is 1. The van der Waals surface area contributed by atoms with Gasteiger partial charge in [0.1, 0.15) is 11.1 Å². The van der Waals surface area contributed by atoms with Crippen LogP contribution in [-0.4, -0.2) is 31.9 Å². The third-order valence-electron chi connectivity index (χ3n) is 5.54. The minimum Gasteiger partial charge on any atom is -0.316 e. The molecule has 1 atom stereocenters. The highest BCUT2D eigenvalue weighted by Gasteiger charge is 2.32. The van der Waals surface area contributed by atoms with Crippen molar-refractivity contribution in [2.45, 2.75) is 64.1 Å². The van der Waals surface area contributed by atoms with E-state index in [0.29, 0.717) is 27.7 Å². The molecular weight excluding hydrogens is 392 g/mol. The number of nitriles is 1. The molecule has 0 spiro atoms. The summed E-state index contributed by atoms with van der Waals surface area (Å²) >= 11 is 2.90. The van der Waals surface area contributed by atoms with Gasteiger partial charge in [0.2, 0.25) is 11.1 Å². The van der Waals surface area contributed by atoms with E-state index in [1.807, 2.05) is 0 Å². The fourth-order valence-electron chi connectivity index (χ4n) is 3.65. The number of carbonyl (C=O) groups is 1. The number of nitrogens with one attached hydrogen (secondary N) is 1. The summed E-state index contributed by atoms with van der Waals surface area (Å²) in [5, 5.41) is 25.7. The molecule has 1 saturated carbocycles. The summed E-state index contributed by atoms with van der Waals surface area (Å²) < 4.78 is 1.80. The van der Waals surface area contributed by atoms with Crippen LogP contribution >= 0.6 is 23.1 Å². The quantitative estimate of drug-likeness (QED) is 0.744. The monoisotopic (exact) mass is 416 g/mol. The zero-order chi connectivity index (χ0) is 19.9. The van der Waals surface area contributed by atoms with E-state index in [0.717, 1.165) is 37.7 Å². The van der Waals surface area contributed by atoms with Crippen molar-refractivity contribution in [2.24, 2.45) is 11.3 Å². The Morgan fingerprint density at radius 3 is 2.86 bits per heavy atom. The number of hydrogen-bond acceptors (Lipinski definition) is 7. The van der Waals surface area contributed by atoms with E-state index in [4.69, 9.17) is 0 Å². The van der Waals surface area contributed by atoms with E-state index in [1.54, 1.807) is 16.0 Å². The lowest BCUT2D eigenvalue weighted by molar-refractivity contribution is -0.113. The van der Waals surface area contributed by atoms with Gasteiger partial charge in [0.25, 0.3) is 0 Å². The zero-order valence-corrected chi connectivity index (χ0v) is 18.0. The Bertz CT molecular complexity index is 931. The molecule has 2 aromatic rings. The number of rotatable bonds is 5. The molecule has 7 nitrogen and oxygen atoms in total. The SMILES string of the molecule is CC(C)(C)C1CCc2c(sc(NC(=O)CSc3nnnn3C3CC3)c2C#N)C1. The Labute approximate surface area is 172 Å². The summed E-state index contributed by atoms with van der Waals surface area (Å²) in [4.78, 5) is 13.7. The van der Waals surface area contributed by atoms with Gasteiger partial charge >= 0.3 is 0 Å². The standard InChI is InChI=1S/C19H24N6OS2/c1-19(2,3)11-4-7-13-14(9-20)17(28-15(13)8-11)21-16(26)10-27-18-22-23-24-25(18)12-5-6-12/h11-12H,4-8,10H2,1-3H3,(H,21,26). The van der Waals surface area contributed by atoms with Crippen molar-refractivity contribution in [1.82, 2.24) is 20.2 Å². The Hall–Kier alpha value is -1.92. The Morgan fingerprint density at radius 1 is 1.39 bits per heavy atom. The molecule has 0 saturated heterocycles. The molecule has 2 aliphatic carbocycles. The Kier molecular flexibility index (Phi) is 5.19. The number of thiophene rings is 1. The maximum Gasteiger partial charge on any atom is 0.235 e. The molecular formula is C19H24N6OS2. The minimum atomic E-state index is -0.127. The van der Waals surface area contributed by atoms with E-state index in [2.05, 4.69) is 47.7 Å². The smallest absolute Gasteiger partial charge is 0.235 e. The average Bonchev–Trinajstić information content (AvgIpc) is 3.27. The lowest BCUT2D eigenvalue weighted by Crippen LogP contribution is -2.26. The third-order valence-corrected chi connectivity index (χ3v) is 7.65. The van der Waals surface area contributed by atoms with Gasteiger partial charge in [-0.1, -0.05) is 32.5 Å². The predicted molar refractivity (Wildman–Crippen MR) is 109 cm³/mol. The molecule has 2 heterocycles. The number of fused-ring (bicyclic) bond motifs is 1. The Balaban J connectivity index is 1.43. The van der Waals surface area contributed by atoms with Crippen LogP contribution in [0.3, 0.4) is 0 Å². The predicted octanol–water partition coefficient (Wildman–Crippen LogP) is 3.82. The molecule has 2 aliphatic rings. The average molecular weight is 417 g/mol. The fourth-order valence-corrected chi connectivity index (χ4v) is 5.69. The van der Waals surface area contributed by atoms with Gasteiger partial charge in [-0.05, 0) is 59.4 Å². The first-order valence-corrected chi connectivity index (χ1v) is 11.4. The maximum atomic E-state index is 12.5. The number of thioether (sulfide) groups is 1. The molecule has 148 valence electrons. The topological polar surface area (TPSA) is 96.5 Å². The van der Waals surface area contributed by atoms with E-state index >= 15 is 0 Å². The van der Waals surface area contributed by atoms with Gasteiger partial charge in [0, 0.05) is 4.88 Å². The summed E-state index contributed by atoms with van der Waals surface area (Å²) in [6, 6.07) is 2.70. The molecule has 0 aliphatic heterocycles. The van der Waals surface area contributed by atoms with Crippen molar-refractivity contribution >= 4 is 34.0 Å². The molecule has 4 rings (SSSR count). The van der Waals surface area contributed by atoms with E-state index in [-0.39, 0.29) is 17.1 Å². The number of hydrogen-bond donors (Lipinski definition) is 1. The second kappa shape index (κ2) is 7.48. The number of nitrogens with zero attached hydrogens (tertiary/aromatic N) is 5. The highest BCUT2D eigenvalue weighted by Crippen LogP contribution is 2.44. The Morgan fingerprint density at radius 2 is 2.18 bits per heavy atom. The summed E-state index contributed by atoms with van der Waals surface area (Å²) in [5.74, 6) is 0.703. The molecule has 0 bridgehead atoms. The lowest BCUT2D eigenvalue weighted by atomic mass is 9.72. The van der Waals surface area contributed by atoms with Gasteiger partial charge in [-0.2, -0.15) is 5.26 Å². The van der Waals surface area contributed by atoms with Crippen molar-refractivity contribution < 1.29 is 4.79 Å². The first kappa shape index (κ1) is 19.4. The van der Waals surface area contributed by atoms with E-state index < -0.39 is 0 Å². The van der Waals surface area contributed by atoms with E-state index in [1.165, 1.54) is 16.6 Å². The van der Waals surface area contributed by atoms with Gasteiger partial charge in [0.05, 0.1) is 17.4 Å². The first-order valence-electron chi connectivity index (χ1n) is 9.62. The number of tetrazole rings is 1. The molecule has 0 aromatic carbocycles. The van der Waals surface area contributed by atoms with Crippen LogP contribution in [-0.2, 0) is 17.6 Å². The van der Waals surface area contributed by atoms with Crippen LogP contribution in [0.25, 0.3) is 0 Å². The molecule has 2 aromatic heterocycles. The van der Waals surface area contributed by atoms with Crippen LogP contribution in [0.15, 0.2) is 5.16 Å². The van der Waals surface area contributed by atoms with Crippen LogP contribution in [0.5, 0.6) is 0 Å². The number of anilines is 1. The number of aromatic nitrogens is 4. The highest BCUT2D eigenvalue weighted by molar-refractivity contribution is 7.99. The molecule has 1 unspecified atom stereocenters. The lowest BCUT2D eigenvalue weighted by Gasteiger charge is -2.33. The minimum absolute atomic E-state index is 0.127. The molecule has 1 N–H and O–H groups in total. The van der Waals surface area contributed by atoms with Crippen LogP contribution in [0.1, 0.15) is 62.1 Å². The largest absolute Gasteiger partial charge is 0.316 e. The maximum absolute atomic E-state index is 12.5. The summed E-state index contributed by atoms with van der Waals surface area (Å²) in [5.41, 5.74) is 2.03. The first-order chi connectivity index (χ1) is 13.4. The third kappa shape index (κ3) is 3.94. The van der Waals surface area contributed by atoms with Gasteiger partial charge in [-0.25, -0.2) is 4.68 Å². The van der Waals surface area contributed by atoms with Gasteiger partial charge in [-0.15, -0.1) is 16.4 Å². The summed E-state index contributed by atoms with van der Waals surface area (Å²) in [6.45, 7) is 6.82. The van der Waals surface area contributed by atoms with Gasteiger partial charge in [0.15, 0.2) is 0 Å². The summed E-state index contributed by atoms with van der Waals surface area (Å²) in [6.07, 6.45) is 5.17. The van der Waals surface area contributed by atoms with Crippen molar-refractivity contribution in [1.29, 1.82) is 5.26 Å². The van der Waals surface area contributed by atoms with Crippen molar-refractivity contribution in [3.05, 3.63) is 16.0 Å². The van der Waals surface area contributed by atoms with E-state index in [9.17, 15) is 10.1 Å². The van der Waals surface area contributed by atoms with Crippen molar-refractivity contribution in [3.63, 3.8) is 0 Å². The number of carbonyl (C=O) groups excluding carboxylic acids is 1. The van der Waals surface area contributed by atoms with Gasteiger partial charge < -0.3 is 5.32 Å². The molecule has 9 heteroatoms. The molecule has 28 heavy (non-hydrogen) atoms. The fraction of sp³-hybridized carbons (Fsp3) is 0.632. The highest BCUT2D eigenvalue weighted by atomic mass is 32.2.